The number of nitrogens with zero attached hydrogens (tertiary/aromatic N) is 2. The molecule has 0 aliphatic carbocycles. The Morgan fingerprint density at radius 3 is 2.86 bits per heavy atom. The molecule has 1 aromatic heterocycles. The molecule has 0 spiro atoms. The maximum atomic E-state index is 10.5. The quantitative estimate of drug-likeness (QED) is 0.604. The van der Waals surface area contributed by atoms with Crippen LogP contribution in [-0.4, -0.2) is 26.3 Å². The molecule has 1 rings (SSSR count). The van der Waals surface area contributed by atoms with Crippen molar-refractivity contribution in [3.8, 4) is 0 Å². The highest BCUT2D eigenvalue weighted by molar-refractivity contribution is 8.00. The predicted octanol–water partition coefficient (Wildman–Crippen LogP) is 1.28. The van der Waals surface area contributed by atoms with E-state index in [-0.39, 0.29) is 11.1 Å². The van der Waals surface area contributed by atoms with E-state index in [0.717, 1.165) is 11.8 Å². The second-order valence-electron chi connectivity index (χ2n) is 2.49. The Labute approximate surface area is 89.7 Å². The van der Waals surface area contributed by atoms with Gasteiger partial charge in [0.15, 0.2) is 0 Å². The average Bonchev–Trinajstić information content (AvgIpc) is 2.01. The highest BCUT2D eigenvalue weighted by atomic mass is 35.5. The van der Waals surface area contributed by atoms with E-state index in [2.05, 4.69) is 9.97 Å². The van der Waals surface area contributed by atoms with Crippen LogP contribution in [0.2, 0.25) is 5.15 Å². The van der Waals surface area contributed by atoms with Crippen molar-refractivity contribution in [2.75, 3.05) is 5.73 Å². The normalized spacial score (nSPS) is 12.4. The number of aromatic nitrogens is 2. The van der Waals surface area contributed by atoms with Crippen LogP contribution < -0.4 is 5.73 Å². The molecule has 14 heavy (non-hydrogen) atoms. The average molecular weight is 234 g/mol. The van der Waals surface area contributed by atoms with Crippen molar-refractivity contribution in [1.82, 2.24) is 9.97 Å². The molecule has 1 heterocycles. The minimum absolute atomic E-state index is 0.0394. The van der Waals surface area contributed by atoms with Gasteiger partial charge in [0.1, 0.15) is 15.4 Å². The lowest BCUT2D eigenvalue weighted by Gasteiger charge is -2.05. The number of carboxylic acids is 1. The van der Waals surface area contributed by atoms with E-state index in [1.165, 1.54) is 6.07 Å². The summed E-state index contributed by atoms with van der Waals surface area (Å²) in [5.41, 5.74) is 5.34. The molecule has 0 amide bonds. The van der Waals surface area contributed by atoms with E-state index in [0.29, 0.717) is 5.03 Å². The third-order valence-corrected chi connectivity index (χ3v) is 2.53. The van der Waals surface area contributed by atoms with Crippen LogP contribution >= 0.6 is 23.4 Å². The van der Waals surface area contributed by atoms with Crippen LogP contribution in [0.4, 0.5) is 5.95 Å². The molecule has 0 saturated carbocycles. The molecule has 5 nitrogen and oxygen atoms in total. The van der Waals surface area contributed by atoms with E-state index in [4.69, 9.17) is 22.4 Å². The minimum atomic E-state index is -0.914. The lowest BCUT2D eigenvalue weighted by molar-refractivity contribution is -0.136. The Kier molecular flexibility index (Phi) is 3.54. The Morgan fingerprint density at radius 1 is 1.71 bits per heavy atom. The zero-order valence-electron chi connectivity index (χ0n) is 7.27. The lowest BCUT2D eigenvalue weighted by atomic mass is 10.5. The van der Waals surface area contributed by atoms with Crippen molar-refractivity contribution in [3.05, 3.63) is 11.2 Å². The Morgan fingerprint density at radius 2 is 2.36 bits per heavy atom. The van der Waals surface area contributed by atoms with Crippen molar-refractivity contribution in [3.63, 3.8) is 0 Å². The third kappa shape index (κ3) is 3.04. The van der Waals surface area contributed by atoms with Gasteiger partial charge in [0.25, 0.3) is 0 Å². The summed E-state index contributed by atoms with van der Waals surface area (Å²) in [5, 5.41) is 8.72. The first-order valence-electron chi connectivity index (χ1n) is 3.68. The minimum Gasteiger partial charge on any atom is -0.480 e. The van der Waals surface area contributed by atoms with E-state index in [1.807, 2.05) is 0 Å². The first-order chi connectivity index (χ1) is 6.49. The first-order valence-corrected chi connectivity index (χ1v) is 4.94. The molecule has 76 valence electrons. The van der Waals surface area contributed by atoms with Crippen LogP contribution in [0.3, 0.4) is 0 Å². The van der Waals surface area contributed by atoms with Crippen molar-refractivity contribution < 1.29 is 9.90 Å². The van der Waals surface area contributed by atoms with Crippen molar-refractivity contribution in [1.29, 1.82) is 0 Å². The summed E-state index contributed by atoms with van der Waals surface area (Å²) >= 11 is 6.69. The number of halogens is 1. The molecule has 7 heteroatoms. The Balaban J connectivity index is 2.81. The van der Waals surface area contributed by atoms with Crippen molar-refractivity contribution in [2.45, 2.75) is 17.2 Å². The number of anilines is 1. The summed E-state index contributed by atoms with van der Waals surface area (Å²) in [4.78, 5) is 18.0. The van der Waals surface area contributed by atoms with E-state index < -0.39 is 11.2 Å². The molecule has 1 aromatic rings. The Bertz CT molecular complexity index is 341. The van der Waals surface area contributed by atoms with E-state index in [9.17, 15) is 4.79 Å². The number of hydrogen-bond acceptors (Lipinski definition) is 5. The van der Waals surface area contributed by atoms with E-state index in [1.54, 1.807) is 6.92 Å². The number of thioether (sulfide) groups is 1. The van der Waals surface area contributed by atoms with Crippen molar-refractivity contribution in [2.24, 2.45) is 0 Å². The zero-order valence-corrected chi connectivity index (χ0v) is 8.84. The number of nitrogen functional groups attached to an aromatic ring is 1. The SMILES string of the molecule is CC(Sc1cc(Cl)nc(N)n1)C(=O)O. The molecule has 0 fully saturated rings. The highest BCUT2D eigenvalue weighted by Crippen LogP contribution is 2.23. The topological polar surface area (TPSA) is 89.1 Å². The second-order valence-corrected chi connectivity index (χ2v) is 4.23. The number of hydrogen-bond donors (Lipinski definition) is 2. The summed E-state index contributed by atoms with van der Waals surface area (Å²) in [6.45, 7) is 1.55. The fraction of sp³-hybridized carbons (Fsp3) is 0.286. The summed E-state index contributed by atoms with van der Waals surface area (Å²) < 4.78 is 0. The van der Waals surface area contributed by atoms with Gasteiger partial charge >= 0.3 is 5.97 Å². The monoisotopic (exact) mass is 233 g/mol. The van der Waals surface area contributed by atoms with E-state index >= 15 is 0 Å². The molecule has 1 atom stereocenters. The van der Waals surface area contributed by atoms with Gasteiger partial charge in [-0.25, -0.2) is 9.97 Å². The van der Waals surface area contributed by atoms with Gasteiger partial charge in [0.05, 0.1) is 0 Å². The molecule has 0 aliphatic rings. The number of aliphatic carboxylic acids is 1. The fourth-order valence-electron chi connectivity index (χ4n) is 0.706. The van der Waals surface area contributed by atoms with Crippen LogP contribution in [-0.2, 0) is 4.79 Å². The maximum Gasteiger partial charge on any atom is 0.316 e. The number of carboxylic acid groups (broad SMARTS) is 1. The van der Waals surface area contributed by atoms with Gasteiger partial charge in [0, 0.05) is 6.07 Å². The molecule has 1 unspecified atom stereocenters. The number of nitrogens with two attached hydrogens (primary N) is 1. The second kappa shape index (κ2) is 4.47. The summed E-state index contributed by atoms with van der Waals surface area (Å²) in [6.07, 6.45) is 0. The number of carbonyl (C=O) groups is 1. The van der Waals surface area contributed by atoms with Crippen LogP contribution in [0.5, 0.6) is 0 Å². The number of rotatable bonds is 3. The molecule has 0 aromatic carbocycles. The lowest BCUT2D eigenvalue weighted by Crippen LogP contribution is -2.11. The largest absolute Gasteiger partial charge is 0.480 e. The molecule has 0 saturated heterocycles. The summed E-state index contributed by atoms with van der Waals surface area (Å²) in [7, 11) is 0. The molecule has 0 aliphatic heterocycles. The fourth-order valence-corrected chi connectivity index (χ4v) is 1.75. The van der Waals surface area contributed by atoms with Crippen LogP contribution in [0.1, 0.15) is 6.92 Å². The molecule has 0 bridgehead atoms. The van der Waals surface area contributed by atoms with Gasteiger partial charge in [-0.3, -0.25) is 4.79 Å². The van der Waals surface area contributed by atoms with Crippen LogP contribution in [0, 0.1) is 0 Å². The summed E-state index contributed by atoms with van der Waals surface area (Å²) in [5.74, 6) is -0.874. The molecular weight excluding hydrogens is 226 g/mol. The predicted molar refractivity (Wildman–Crippen MR) is 54.4 cm³/mol. The van der Waals surface area contributed by atoms with Gasteiger partial charge in [0.2, 0.25) is 5.95 Å². The standard InChI is InChI=1S/C7H8ClN3O2S/c1-3(6(12)13)14-5-2-4(8)10-7(9)11-5/h2-3H,1H3,(H,12,13)(H2,9,10,11). The third-order valence-electron chi connectivity index (χ3n) is 1.33. The van der Waals surface area contributed by atoms with Gasteiger partial charge < -0.3 is 10.8 Å². The van der Waals surface area contributed by atoms with Crippen LogP contribution in [0.25, 0.3) is 0 Å². The van der Waals surface area contributed by atoms with Crippen LogP contribution in [0.15, 0.2) is 11.1 Å². The smallest absolute Gasteiger partial charge is 0.316 e. The molecule has 3 N–H and O–H groups in total. The molecule has 0 radical (unpaired) electrons. The van der Waals surface area contributed by atoms with Gasteiger partial charge in [-0.1, -0.05) is 23.4 Å². The zero-order chi connectivity index (χ0) is 10.7. The maximum absolute atomic E-state index is 10.5. The first kappa shape index (κ1) is 11.1. The van der Waals surface area contributed by atoms with Gasteiger partial charge in [-0.05, 0) is 6.92 Å². The van der Waals surface area contributed by atoms with Gasteiger partial charge in [-0.2, -0.15) is 0 Å². The van der Waals surface area contributed by atoms with Gasteiger partial charge in [-0.15, -0.1) is 0 Å². The van der Waals surface area contributed by atoms with Crippen molar-refractivity contribution >= 4 is 35.3 Å². The highest BCUT2D eigenvalue weighted by Gasteiger charge is 2.14. The summed E-state index contributed by atoms with van der Waals surface area (Å²) in [6, 6.07) is 1.47. The molecular formula is C7H8ClN3O2S. The Hall–Kier alpha value is -1.01.